The summed E-state index contributed by atoms with van der Waals surface area (Å²) in [6.45, 7) is 11.0. The van der Waals surface area contributed by atoms with E-state index >= 15 is 0 Å². The van der Waals surface area contributed by atoms with Gasteiger partial charge in [-0.25, -0.2) is 9.97 Å². The molecule has 2 aromatic heterocycles. The van der Waals surface area contributed by atoms with Crippen molar-refractivity contribution in [1.29, 1.82) is 0 Å². The third-order valence-electron chi connectivity index (χ3n) is 6.51. The summed E-state index contributed by atoms with van der Waals surface area (Å²) in [5.41, 5.74) is 1.70. The first-order valence-corrected chi connectivity index (χ1v) is 14.2. The van der Waals surface area contributed by atoms with Crippen LogP contribution in [0.5, 0.6) is 11.5 Å². The number of carbonyl (C=O) groups excluding carboxylic acids is 1. The molecule has 0 bridgehead atoms. The fourth-order valence-corrected chi connectivity index (χ4v) is 6.74. The number of rotatable bonds is 9. The van der Waals surface area contributed by atoms with Crippen molar-refractivity contribution < 1.29 is 19.2 Å². The van der Waals surface area contributed by atoms with Crippen molar-refractivity contribution in [2.24, 2.45) is 11.3 Å². The number of benzene rings is 1. The summed E-state index contributed by atoms with van der Waals surface area (Å²) in [5.74, 6) is 0.778. The zero-order valence-corrected chi connectivity index (χ0v) is 23.4. The van der Waals surface area contributed by atoms with E-state index < -0.39 is 4.92 Å². The number of carbonyl (C=O) groups is 1. The van der Waals surface area contributed by atoms with Crippen molar-refractivity contribution in [1.82, 2.24) is 9.97 Å². The monoisotopic (exact) mass is 544 g/mol. The number of nitro benzene ring substituents is 1. The number of nitrogens with zero attached hydrogens (tertiary/aromatic N) is 3. The highest BCUT2D eigenvalue weighted by molar-refractivity contribution is 8.00. The number of hydrogen-bond donors (Lipinski definition) is 1. The van der Waals surface area contributed by atoms with Gasteiger partial charge in [0.15, 0.2) is 5.75 Å². The Morgan fingerprint density at radius 2 is 1.95 bits per heavy atom. The molecule has 0 radical (unpaired) electrons. The van der Waals surface area contributed by atoms with Crippen LogP contribution in [-0.2, 0) is 17.6 Å². The number of anilines is 1. The van der Waals surface area contributed by atoms with Gasteiger partial charge in [0.05, 0.1) is 35.6 Å². The Morgan fingerprint density at radius 3 is 2.62 bits per heavy atom. The van der Waals surface area contributed by atoms with E-state index in [4.69, 9.17) is 9.47 Å². The van der Waals surface area contributed by atoms with Crippen molar-refractivity contribution in [3.05, 3.63) is 39.0 Å². The van der Waals surface area contributed by atoms with Gasteiger partial charge in [0.2, 0.25) is 5.91 Å². The number of aryl methyl sites for hydroxylation is 1. The molecule has 4 rings (SSSR count). The van der Waals surface area contributed by atoms with Crippen LogP contribution in [0.15, 0.2) is 23.5 Å². The third-order valence-corrected chi connectivity index (χ3v) is 8.66. The molecule has 3 aromatic rings. The zero-order valence-electron chi connectivity index (χ0n) is 21.8. The van der Waals surface area contributed by atoms with E-state index in [-0.39, 0.29) is 40.9 Å². The number of amides is 1. The Labute approximate surface area is 224 Å². The van der Waals surface area contributed by atoms with E-state index in [0.29, 0.717) is 18.2 Å². The van der Waals surface area contributed by atoms with Gasteiger partial charge in [-0.1, -0.05) is 32.5 Å². The molecule has 2 heterocycles. The first kappa shape index (κ1) is 27.1. The Balaban J connectivity index is 1.53. The molecule has 1 N–H and O–H groups in total. The molecule has 198 valence electrons. The number of ether oxygens (including phenoxy) is 2. The van der Waals surface area contributed by atoms with Crippen molar-refractivity contribution in [3.63, 3.8) is 0 Å². The molecular formula is C26H32N4O5S2. The first-order chi connectivity index (χ1) is 17.6. The second kappa shape index (κ2) is 11.2. The van der Waals surface area contributed by atoms with Gasteiger partial charge >= 0.3 is 5.69 Å². The van der Waals surface area contributed by atoms with Crippen LogP contribution in [0.4, 0.5) is 11.4 Å². The van der Waals surface area contributed by atoms with Gasteiger partial charge in [0, 0.05) is 16.3 Å². The molecule has 1 aromatic carbocycles. The van der Waals surface area contributed by atoms with Crippen LogP contribution in [0.2, 0.25) is 0 Å². The summed E-state index contributed by atoms with van der Waals surface area (Å²) in [6, 6.07) is 2.73. The van der Waals surface area contributed by atoms with Crippen LogP contribution >= 0.6 is 23.1 Å². The lowest BCUT2D eigenvalue weighted by Crippen LogP contribution is -2.26. The average Bonchev–Trinajstić information content (AvgIpc) is 3.22. The molecule has 11 heteroatoms. The molecule has 1 atom stereocenters. The number of nitro groups is 1. The molecule has 0 unspecified atom stereocenters. The Morgan fingerprint density at radius 1 is 1.22 bits per heavy atom. The molecule has 9 nitrogen and oxygen atoms in total. The molecule has 0 saturated heterocycles. The lowest BCUT2D eigenvalue weighted by molar-refractivity contribution is -0.385. The summed E-state index contributed by atoms with van der Waals surface area (Å²) in [5, 5.41) is 16.2. The average molecular weight is 545 g/mol. The number of fused-ring (bicyclic) bond motifs is 3. The van der Waals surface area contributed by atoms with Crippen molar-refractivity contribution in [2.75, 3.05) is 24.3 Å². The number of hydrogen-bond acceptors (Lipinski definition) is 9. The smallest absolute Gasteiger partial charge is 0.314 e. The Bertz CT molecular complexity index is 1320. The lowest BCUT2D eigenvalue weighted by atomic mass is 9.72. The van der Waals surface area contributed by atoms with Crippen LogP contribution in [0, 0.1) is 21.4 Å². The van der Waals surface area contributed by atoms with Crippen molar-refractivity contribution in [2.45, 2.75) is 58.9 Å². The fourth-order valence-electron chi connectivity index (χ4n) is 4.59. The summed E-state index contributed by atoms with van der Waals surface area (Å²) in [7, 11) is 0. The maximum absolute atomic E-state index is 12.9. The molecule has 0 aliphatic heterocycles. The minimum Gasteiger partial charge on any atom is -0.491 e. The summed E-state index contributed by atoms with van der Waals surface area (Å²) in [4.78, 5) is 35.3. The largest absolute Gasteiger partial charge is 0.491 e. The van der Waals surface area contributed by atoms with Crippen molar-refractivity contribution >= 4 is 50.6 Å². The second-order valence-electron chi connectivity index (χ2n) is 9.94. The molecule has 1 aliphatic rings. The van der Waals surface area contributed by atoms with Gasteiger partial charge in [-0.05, 0) is 50.0 Å². The molecule has 0 spiro atoms. The first-order valence-electron chi connectivity index (χ1n) is 12.4. The van der Waals surface area contributed by atoms with E-state index in [1.807, 2.05) is 0 Å². The Hall–Kier alpha value is -2.92. The highest BCUT2D eigenvalue weighted by Gasteiger charge is 2.32. The molecule has 0 fully saturated rings. The minimum atomic E-state index is -0.527. The second-order valence-corrected chi connectivity index (χ2v) is 12.0. The quantitative estimate of drug-likeness (QED) is 0.145. The van der Waals surface area contributed by atoms with Gasteiger partial charge in [-0.2, -0.15) is 0 Å². The van der Waals surface area contributed by atoms with Crippen molar-refractivity contribution in [3.8, 4) is 11.5 Å². The zero-order chi connectivity index (χ0) is 26.7. The van der Waals surface area contributed by atoms with E-state index in [1.165, 1.54) is 34.3 Å². The molecule has 37 heavy (non-hydrogen) atoms. The molecular weight excluding hydrogens is 512 g/mol. The predicted molar refractivity (Wildman–Crippen MR) is 147 cm³/mol. The van der Waals surface area contributed by atoms with Gasteiger partial charge < -0.3 is 14.8 Å². The number of thiophene rings is 1. The number of aromatic nitrogens is 2. The number of nitrogens with one attached hydrogen (secondary N) is 1. The minimum absolute atomic E-state index is 0.0786. The third kappa shape index (κ3) is 5.98. The maximum Gasteiger partial charge on any atom is 0.314 e. The van der Waals surface area contributed by atoms with E-state index in [0.717, 1.165) is 34.5 Å². The summed E-state index contributed by atoms with van der Waals surface area (Å²) in [6.07, 6.45) is 4.73. The van der Waals surface area contributed by atoms with Crippen LogP contribution in [0.25, 0.3) is 10.2 Å². The topological polar surface area (TPSA) is 116 Å². The number of thioether (sulfide) groups is 1. The molecule has 0 saturated carbocycles. The normalized spacial score (nSPS) is 15.3. The highest BCUT2D eigenvalue weighted by atomic mass is 32.2. The van der Waals surface area contributed by atoms with Crippen LogP contribution in [0.3, 0.4) is 0 Å². The van der Waals surface area contributed by atoms with Crippen LogP contribution in [-0.4, -0.2) is 39.8 Å². The summed E-state index contributed by atoms with van der Waals surface area (Å²) < 4.78 is 11.0. The van der Waals surface area contributed by atoms with Gasteiger partial charge in [0.25, 0.3) is 0 Å². The highest BCUT2D eigenvalue weighted by Crippen LogP contribution is 2.45. The predicted octanol–water partition coefficient (Wildman–Crippen LogP) is 6.28. The SMILES string of the molecule is CCOc1cc([N+](=O)[O-])c(OCC)cc1NC(=O)CSc1ncnc2sc3c(c12)CC[C@H](C(C)(C)C)C3. The molecule has 1 amide bonds. The Kier molecular flexibility index (Phi) is 8.23. The van der Waals surface area contributed by atoms with E-state index in [9.17, 15) is 14.9 Å². The van der Waals surface area contributed by atoms with Gasteiger partial charge in [-0.15, -0.1) is 11.3 Å². The summed E-state index contributed by atoms with van der Waals surface area (Å²) >= 11 is 3.10. The van der Waals surface area contributed by atoms with E-state index in [2.05, 4.69) is 36.1 Å². The van der Waals surface area contributed by atoms with Crippen LogP contribution < -0.4 is 14.8 Å². The van der Waals surface area contributed by atoms with Gasteiger partial charge in [-0.3, -0.25) is 14.9 Å². The standard InChI is InChI=1S/C26H32N4O5S2/c1-6-34-19-12-18(30(32)33)20(35-7-2)11-17(19)29-22(31)13-36-24-23-16-9-8-15(26(3,4)5)10-21(16)37-25(23)28-14-27-24/h11-12,14-15H,6-10,13H2,1-5H3,(H,29,31)/t15-/m0/s1. The van der Waals surface area contributed by atoms with E-state index in [1.54, 1.807) is 31.5 Å². The maximum atomic E-state index is 12.9. The molecule has 1 aliphatic carbocycles. The van der Waals surface area contributed by atoms with Crippen LogP contribution in [0.1, 0.15) is 51.5 Å². The lowest BCUT2D eigenvalue weighted by Gasteiger charge is -2.33. The fraction of sp³-hybridized carbons (Fsp3) is 0.500. The van der Waals surface area contributed by atoms with Gasteiger partial charge in [0.1, 0.15) is 21.9 Å².